The Balaban J connectivity index is 1.74. The summed E-state index contributed by atoms with van der Waals surface area (Å²) in [4.78, 5) is 13.9. The average Bonchev–Trinajstić information content (AvgIpc) is 2.60. The number of benzene rings is 1. The fourth-order valence-electron chi connectivity index (χ4n) is 5.00. The Morgan fingerprint density at radius 3 is 2.15 bits per heavy atom. The first-order valence-electron chi connectivity index (χ1n) is 10.0. The lowest BCUT2D eigenvalue weighted by Gasteiger charge is -2.43. The Labute approximate surface area is 163 Å². The van der Waals surface area contributed by atoms with Crippen molar-refractivity contribution < 1.29 is 13.2 Å². The van der Waals surface area contributed by atoms with Gasteiger partial charge in [-0.2, -0.15) is 4.31 Å². The molecule has 2 atom stereocenters. The molecule has 1 amide bonds. The Morgan fingerprint density at radius 2 is 1.59 bits per heavy atom. The van der Waals surface area contributed by atoms with Gasteiger partial charge in [0.05, 0.1) is 4.90 Å². The minimum Gasteiger partial charge on any atom is -0.342 e. The molecule has 2 fully saturated rings. The van der Waals surface area contributed by atoms with Crippen LogP contribution in [-0.4, -0.2) is 49.7 Å². The standard InChI is InChI=1S/C21H32N2O3S/c1-15-5-8-22(14-24)20(13-15)19-6-9-23(10-7-19)27(25,26)21-17(3)11-16(2)12-18(21)4/h11-12,14-15,19-20H,5-10,13H2,1-4H3. The van der Waals surface area contributed by atoms with Crippen LogP contribution in [0.1, 0.15) is 49.3 Å². The van der Waals surface area contributed by atoms with Crippen LogP contribution in [0.2, 0.25) is 0 Å². The summed E-state index contributed by atoms with van der Waals surface area (Å²) in [6, 6.07) is 4.15. The van der Waals surface area contributed by atoms with Crippen molar-refractivity contribution in [3.05, 3.63) is 28.8 Å². The summed E-state index contributed by atoms with van der Waals surface area (Å²) in [5.41, 5.74) is 2.73. The molecule has 0 radical (unpaired) electrons. The van der Waals surface area contributed by atoms with Crippen LogP contribution < -0.4 is 0 Å². The van der Waals surface area contributed by atoms with Gasteiger partial charge in [0, 0.05) is 25.7 Å². The van der Waals surface area contributed by atoms with E-state index in [9.17, 15) is 13.2 Å². The predicted molar refractivity (Wildman–Crippen MR) is 107 cm³/mol. The molecule has 150 valence electrons. The van der Waals surface area contributed by atoms with Gasteiger partial charge in [-0.3, -0.25) is 4.79 Å². The number of carbonyl (C=O) groups excluding carboxylic acids is 1. The van der Waals surface area contributed by atoms with E-state index in [1.807, 2.05) is 37.8 Å². The molecule has 0 N–H and O–H groups in total. The third-order valence-electron chi connectivity index (χ3n) is 6.33. The average molecular weight is 393 g/mol. The molecule has 0 aliphatic carbocycles. The molecule has 3 rings (SSSR count). The van der Waals surface area contributed by atoms with Gasteiger partial charge < -0.3 is 4.90 Å². The fourth-order valence-corrected chi connectivity index (χ4v) is 6.88. The third-order valence-corrected chi connectivity index (χ3v) is 8.54. The predicted octanol–water partition coefficient (Wildman–Crippen LogP) is 3.27. The summed E-state index contributed by atoms with van der Waals surface area (Å²) in [5.74, 6) is 1.02. The van der Waals surface area contributed by atoms with E-state index >= 15 is 0 Å². The van der Waals surface area contributed by atoms with Gasteiger partial charge in [0.1, 0.15) is 0 Å². The zero-order valence-corrected chi connectivity index (χ0v) is 17.8. The first kappa shape index (κ1) is 20.3. The molecule has 5 nitrogen and oxygen atoms in total. The SMILES string of the molecule is Cc1cc(C)c(S(=O)(=O)N2CCC(C3CC(C)CCN3C=O)CC2)c(C)c1. The lowest BCUT2D eigenvalue weighted by molar-refractivity contribution is -0.123. The molecule has 2 aliphatic rings. The molecular formula is C21H32N2O3S. The maximum Gasteiger partial charge on any atom is 0.243 e. The summed E-state index contributed by atoms with van der Waals surface area (Å²) in [6.45, 7) is 9.91. The zero-order chi connectivity index (χ0) is 19.8. The smallest absolute Gasteiger partial charge is 0.243 e. The monoisotopic (exact) mass is 392 g/mol. The maximum atomic E-state index is 13.3. The van der Waals surface area contributed by atoms with Crippen molar-refractivity contribution in [2.45, 2.75) is 64.3 Å². The number of piperidine rings is 2. The zero-order valence-electron chi connectivity index (χ0n) is 16.9. The molecule has 2 saturated heterocycles. The third kappa shape index (κ3) is 4.06. The molecule has 0 bridgehead atoms. The number of hydrogen-bond acceptors (Lipinski definition) is 3. The van der Waals surface area contributed by atoms with E-state index in [1.165, 1.54) is 0 Å². The first-order chi connectivity index (χ1) is 12.7. The number of likely N-dealkylation sites (tertiary alicyclic amines) is 1. The quantitative estimate of drug-likeness (QED) is 0.739. The molecule has 0 aromatic heterocycles. The van der Waals surface area contributed by atoms with Gasteiger partial charge >= 0.3 is 0 Å². The Kier molecular flexibility index (Phi) is 5.96. The van der Waals surface area contributed by atoms with E-state index in [0.29, 0.717) is 29.8 Å². The Bertz CT molecular complexity index is 775. The van der Waals surface area contributed by atoms with Gasteiger partial charge in [-0.05, 0) is 69.4 Å². The van der Waals surface area contributed by atoms with Gasteiger partial charge in [-0.1, -0.05) is 24.6 Å². The van der Waals surface area contributed by atoms with Crippen LogP contribution in [0.15, 0.2) is 17.0 Å². The molecule has 1 aromatic rings. The first-order valence-corrected chi connectivity index (χ1v) is 11.5. The van der Waals surface area contributed by atoms with Crippen LogP contribution in [0.3, 0.4) is 0 Å². The van der Waals surface area contributed by atoms with Gasteiger partial charge in [0.25, 0.3) is 0 Å². The van der Waals surface area contributed by atoms with Gasteiger partial charge in [0.2, 0.25) is 16.4 Å². The molecule has 2 unspecified atom stereocenters. The van der Waals surface area contributed by atoms with Crippen molar-refractivity contribution in [3.8, 4) is 0 Å². The topological polar surface area (TPSA) is 57.7 Å². The Morgan fingerprint density at radius 1 is 1.00 bits per heavy atom. The maximum absolute atomic E-state index is 13.3. The molecule has 2 heterocycles. The second-order valence-corrected chi connectivity index (χ2v) is 10.4. The molecule has 6 heteroatoms. The van der Waals surface area contributed by atoms with Gasteiger partial charge in [-0.15, -0.1) is 0 Å². The van der Waals surface area contributed by atoms with E-state index in [0.717, 1.165) is 55.3 Å². The summed E-state index contributed by atoms with van der Waals surface area (Å²) in [5, 5.41) is 0. The van der Waals surface area contributed by atoms with E-state index in [1.54, 1.807) is 4.31 Å². The summed E-state index contributed by atoms with van der Waals surface area (Å²) in [7, 11) is -3.47. The largest absolute Gasteiger partial charge is 0.342 e. The van der Waals surface area contributed by atoms with Gasteiger partial charge in [0.15, 0.2) is 0 Å². The van der Waals surface area contributed by atoms with E-state index < -0.39 is 10.0 Å². The van der Waals surface area contributed by atoms with Gasteiger partial charge in [-0.25, -0.2) is 8.42 Å². The second kappa shape index (κ2) is 7.92. The second-order valence-electron chi connectivity index (χ2n) is 8.51. The number of amides is 1. The molecular weight excluding hydrogens is 360 g/mol. The van der Waals surface area contributed by atoms with Crippen LogP contribution in [0.4, 0.5) is 0 Å². The van der Waals surface area contributed by atoms with E-state index in [2.05, 4.69) is 6.92 Å². The van der Waals surface area contributed by atoms with Crippen molar-refractivity contribution in [1.82, 2.24) is 9.21 Å². The lowest BCUT2D eigenvalue weighted by Crippen LogP contribution is -2.49. The number of sulfonamides is 1. The van der Waals surface area contributed by atoms with Crippen LogP contribution in [-0.2, 0) is 14.8 Å². The molecule has 2 aliphatic heterocycles. The molecule has 1 aromatic carbocycles. The molecule has 27 heavy (non-hydrogen) atoms. The van der Waals surface area contributed by atoms with Crippen molar-refractivity contribution >= 4 is 16.4 Å². The molecule has 0 spiro atoms. The number of rotatable bonds is 4. The summed E-state index contributed by atoms with van der Waals surface area (Å²) in [6.07, 6.45) is 4.73. The highest BCUT2D eigenvalue weighted by atomic mass is 32.2. The van der Waals surface area contributed by atoms with Crippen molar-refractivity contribution in [2.24, 2.45) is 11.8 Å². The number of nitrogens with zero attached hydrogens (tertiary/aromatic N) is 2. The highest BCUT2D eigenvalue weighted by Crippen LogP contribution is 2.34. The normalized spacial score (nSPS) is 25.6. The van der Waals surface area contributed by atoms with Crippen LogP contribution in [0, 0.1) is 32.6 Å². The number of carbonyl (C=O) groups is 1. The van der Waals surface area contributed by atoms with Crippen LogP contribution >= 0.6 is 0 Å². The minimum absolute atomic E-state index is 0.263. The summed E-state index contributed by atoms with van der Waals surface area (Å²) >= 11 is 0. The minimum atomic E-state index is -3.47. The number of hydrogen-bond donors (Lipinski definition) is 0. The summed E-state index contributed by atoms with van der Waals surface area (Å²) < 4.78 is 28.2. The Hall–Kier alpha value is -1.40. The van der Waals surface area contributed by atoms with E-state index in [-0.39, 0.29) is 6.04 Å². The van der Waals surface area contributed by atoms with Crippen molar-refractivity contribution in [2.75, 3.05) is 19.6 Å². The van der Waals surface area contributed by atoms with Crippen LogP contribution in [0.25, 0.3) is 0 Å². The van der Waals surface area contributed by atoms with E-state index in [4.69, 9.17) is 0 Å². The number of aryl methyl sites for hydroxylation is 3. The van der Waals surface area contributed by atoms with Crippen molar-refractivity contribution in [1.29, 1.82) is 0 Å². The van der Waals surface area contributed by atoms with Crippen LogP contribution in [0.5, 0.6) is 0 Å². The highest BCUT2D eigenvalue weighted by molar-refractivity contribution is 7.89. The lowest BCUT2D eigenvalue weighted by atomic mass is 9.81. The fraction of sp³-hybridized carbons (Fsp3) is 0.667. The highest BCUT2D eigenvalue weighted by Gasteiger charge is 2.37. The van der Waals surface area contributed by atoms with Crippen molar-refractivity contribution in [3.63, 3.8) is 0 Å². The molecule has 0 saturated carbocycles.